The molecule has 0 bridgehead atoms. The maximum absolute atomic E-state index is 11.9. The van der Waals surface area contributed by atoms with Crippen molar-refractivity contribution in [2.45, 2.75) is 26.8 Å². The molecule has 0 atom stereocenters. The first-order chi connectivity index (χ1) is 8.93. The summed E-state index contributed by atoms with van der Waals surface area (Å²) in [7, 11) is 1.78. The van der Waals surface area contributed by atoms with Crippen LogP contribution in [0.15, 0.2) is 29.4 Å². The second-order valence-corrected chi connectivity index (χ2v) is 5.03. The zero-order chi connectivity index (χ0) is 14.4. The summed E-state index contributed by atoms with van der Waals surface area (Å²) >= 11 is 0. The highest BCUT2D eigenvalue weighted by Gasteiger charge is 2.11. The number of nitrogens with zero attached hydrogens (tertiary/aromatic N) is 2. The molecule has 1 aromatic carbocycles. The van der Waals surface area contributed by atoms with Crippen LogP contribution in [0.25, 0.3) is 0 Å². The monoisotopic (exact) mass is 263 g/mol. The smallest absolute Gasteiger partial charge is 0.222 e. The summed E-state index contributed by atoms with van der Waals surface area (Å²) in [6.07, 6.45) is 0.538. The third kappa shape index (κ3) is 4.62. The Bertz CT molecular complexity index is 470. The molecule has 0 aliphatic carbocycles. The third-order valence-corrected chi connectivity index (χ3v) is 2.76. The summed E-state index contributed by atoms with van der Waals surface area (Å²) in [5.74, 6) is 0.528. The first kappa shape index (κ1) is 15.0. The van der Waals surface area contributed by atoms with E-state index in [0.29, 0.717) is 24.4 Å². The lowest BCUT2D eigenvalue weighted by atomic mass is 10.1. The van der Waals surface area contributed by atoms with Crippen LogP contribution in [0.5, 0.6) is 0 Å². The van der Waals surface area contributed by atoms with Gasteiger partial charge in [-0.25, -0.2) is 0 Å². The van der Waals surface area contributed by atoms with E-state index >= 15 is 0 Å². The fraction of sp³-hybridized carbons (Fsp3) is 0.429. The number of nitrogens with two attached hydrogens (primary N) is 1. The van der Waals surface area contributed by atoms with Gasteiger partial charge in [0.1, 0.15) is 0 Å². The Kier molecular flexibility index (Phi) is 5.36. The molecule has 104 valence electrons. The average Bonchev–Trinajstić information content (AvgIpc) is 2.37. The molecule has 0 unspecified atom stereocenters. The predicted octanol–water partition coefficient (Wildman–Crippen LogP) is 1.79. The molecule has 0 aliphatic heterocycles. The number of benzene rings is 1. The molecular formula is C14H21N3O2. The van der Waals surface area contributed by atoms with Gasteiger partial charge in [-0.2, -0.15) is 0 Å². The van der Waals surface area contributed by atoms with E-state index in [2.05, 4.69) is 5.16 Å². The SMILES string of the molecule is CC(C)CC(=O)N(C)Cc1cccc(C(N)=NO)c1. The van der Waals surface area contributed by atoms with Crippen LogP contribution in [0.1, 0.15) is 31.4 Å². The van der Waals surface area contributed by atoms with E-state index in [1.54, 1.807) is 18.0 Å². The first-order valence-corrected chi connectivity index (χ1v) is 6.24. The molecule has 0 aliphatic rings. The largest absolute Gasteiger partial charge is 0.409 e. The van der Waals surface area contributed by atoms with Crippen LogP contribution < -0.4 is 5.73 Å². The second-order valence-electron chi connectivity index (χ2n) is 5.03. The van der Waals surface area contributed by atoms with Crippen molar-refractivity contribution in [3.05, 3.63) is 35.4 Å². The van der Waals surface area contributed by atoms with E-state index in [-0.39, 0.29) is 11.7 Å². The molecule has 0 fully saturated rings. The van der Waals surface area contributed by atoms with Crippen LogP contribution in [-0.4, -0.2) is 28.9 Å². The van der Waals surface area contributed by atoms with Crippen LogP contribution in [-0.2, 0) is 11.3 Å². The molecule has 0 heterocycles. The maximum Gasteiger partial charge on any atom is 0.222 e. The second kappa shape index (κ2) is 6.78. The molecule has 0 saturated heterocycles. The highest BCUT2D eigenvalue weighted by molar-refractivity contribution is 5.97. The normalized spacial score (nSPS) is 11.7. The summed E-state index contributed by atoms with van der Waals surface area (Å²) in [5.41, 5.74) is 7.13. The van der Waals surface area contributed by atoms with Gasteiger partial charge in [0.2, 0.25) is 5.91 Å². The van der Waals surface area contributed by atoms with Crippen molar-refractivity contribution in [2.24, 2.45) is 16.8 Å². The van der Waals surface area contributed by atoms with E-state index in [0.717, 1.165) is 5.56 Å². The zero-order valence-corrected chi connectivity index (χ0v) is 11.6. The van der Waals surface area contributed by atoms with Crippen LogP contribution in [0, 0.1) is 5.92 Å². The van der Waals surface area contributed by atoms with Crippen molar-refractivity contribution in [3.8, 4) is 0 Å². The molecular weight excluding hydrogens is 242 g/mol. The molecule has 1 amide bonds. The molecule has 3 N–H and O–H groups in total. The van der Waals surface area contributed by atoms with Gasteiger partial charge in [-0.15, -0.1) is 0 Å². The van der Waals surface area contributed by atoms with Gasteiger partial charge in [0.25, 0.3) is 0 Å². The number of rotatable bonds is 5. The highest BCUT2D eigenvalue weighted by Crippen LogP contribution is 2.10. The number of amides is 1. The maximum atomic E-state index is 11.9. The van der Waals surface area contributed by atoms with Crippen molar-refractivity contribution in [1.82, 2.24) is 4.90 Å². The zero-order valence-electron chi connectivity index (χ0n) is 11.6. The van der Waals surface area contributed by atoms with E-state index in [9.17, 15) is 4.79 Å². The Morgan fingerprint density at radius 3 is 2.74 bits per heavy atom. The number of hydrogen-bond donors (Lipinski definition) is 2. The van der Waals surface area contributed by atoms with Crippen LogP contribution in [0.2, 0.25) is 0 Å². The minimum atomic E-state index is 0.0676. The fourth-order valence-electron chi connectivity index (χ4n) is 1.75. The van der Waals surface area contributed by atoms with E-state index in [4.69, 9.17) is 10.9 Å². The Balaban J connectivity index is 2.74. The molecule has 5 heteroatoms. The van der Waals surface area contributed by atoms with Gasteiger partial charge in [0.15, 0.2) is 5.84 Å². The van der Waals surface area contributed by atoms with Gasteiger partial charge in [0.05, 0.1) is 0 Å². The summed E-state index contributed by atoms with van der Waals surface area (Å²) < 4.78 is 0. The van der Waals surface area contributed by atoms with Gasteiger partial charge < -0.3 is 15.8 Å². The molecule has 0 saturated carbocycles. The minimum absolute atomic E-state index is 0.0676. The van der Waals surface area contributed by atoms with Gasteiger partial charge in [-0.05, 0) is 17.5 Å². The predicted molar refractivity (Wildman–Crippen MR) is 74.9 cm³/mol. The quantitative estimate of drug-likeness (QED) is 0.368. The Hall–Kier alpha value is -2.04. The molecule has 0 radical (unpaired) electrons. The molecule has 19 heavy (non-hydrogen) atoms. The van der Waals surface area contributed by atoms with E-state index in [1.807, 2.05) is 32.0 Å². The summed E-state index contributed by atoms with van der Waals surface area (Å²) in [5, 5.41) is 11.6. The minimum Gasteiger partial charge on any atom is -0.409 e. The van der Waals surface area contributed by atoms with Crippen molar-refractivity contribution in [2.75, 3.05) is 7.05 Å². The Labute approximate surface area is 113 Å². The molecule has 1 rings (SSSR count). The van der Waals surface area contributed by atoms with E-state index < -0.39 is 0 Å². The lowest BCUT2D eigenvalue weighted by molar-refractivity contribution is -0.131. The first-order valence-electron chi connectivity index (χ1n) is 6.24. The Morgan fingerprint density at radius 2 is 2.16 bits per heavy atom. The molecule has 0 aromatic heterocycles. The van der Waals surface area contributed by atoms with Crippen molar-refractivity contribution in [1.29, 1.82) is 0 Å². The Morgan fingerprint density at radius 1 is 1.47 bits per heavy atom. The number of carbonyl (C=O) groups is 1. The summed E-state index contributed by atoms with van der Waals surface area (Å²) in [6.45, 7) is 4.55. The van der Waals surface area contributed by atoms with Crippen LogP contribution >= 0.6 is 0 Å². The average molecular weight is 263 g/mol. The number of oxime groups is 1. The summed E-state index contributed by atoms with van der Waals surface area (Å²) in [4.78, 5) is 13.6. The molecule has 0 spiro atoms. The summed E-state index contributed by atoms with van der Waals surface area (Å²) in [6, 6.07) is 7.31. The van der Waals surface area contributed by atoms with Gasteiger partial charge in [-0.3, -0.25) is 4.79 Å². The standard InChI is InChI=1S/C14H21N3O2/c1-10(2)7-13(18)17(3)9-11-5-4-6-12(8-11)14(15)16-19/h4-6,8,10,19H,7,9H2,1-3H3,(H2,15,16). The highest BCUT2D eigenvalue weighted by atomic mass is 16.4. The number of amidine groups is 1. The van der Waals surface area contributed by atoms with Crippen molar-refractivity contribution in [3.63, 3.8) is 0 Å². The number of carbonyl (C=O) groups excluding carboxylic acids is 1. The van der Waals surface area contributed by atoms with Gasteiger partial charge in [0, 0.05) is 25.6 Å². The van der Waals surface area contributed by atoms with Crippen molar-refractivity contribution < 1.29 is 10.0 Å². The molecule has 5 nitrogen and oxygen atoms in total. The fourth-order valence-corrected chi connectivity index (χ4v) is 1.75. The lowest BCUT2D eigenvalue weighted by Gasteiger charge is -2.18. The lowest BCUT2D eigenvalue weighted by Crippen LogP contribution is -2.27. The van der Waals surface area contributed by atoms with Gasteiger partial charge in [-0.1, -0.05) is 37.2 Å². The van der Waals surface area contributed by atoms with Crippen LogP contribution in [0.3, 0.4) is 0 Å². The number of hydrogen-bond acceptors (Lipinski definition) is 3. The van der Waals surface area contributed by atoms with Crippen molar-refractivity contribution >= 4 is 11.7 Å². The van der Waals surface area contributed by atoms with Crippen LogP contribution in [0.4, 0.5) is 0 Å². The van der Waals surface area contributed by atoms with Gasteiger partial charge >= 0.3 is 0 Å². The third-order valence-electron chi connectivity index (χ3n) is 2.76. The topological polar surface area (TPSA) is 78.9 Å². The molecule has 1 aromatic rings. The van der Waals surface area contributed by atoms with E-state index in [1.165, 1.54) is 0 Å².